The smallest absolute Gasteiger partial charge is 0.0595 e. The molecule has 0 spiro atoms. The van der Waals surface area contributed by atoms with Crippen LogP contribution in [0.5, 0.6) is 0 Å². The molecule has 1 N–H and O–H groups in total. The monoisotopic (exact) mass is 330 g/mol. The highest BCUT2D eigenvalue weighted by molar-refractivity contribution is 6.42. The first-order valence-electron chi connectivity index (χ1n) is 5.58. The fourth-order valence-corrected chi connectivity index (χ4v) is 2.36. The summed E-state index contributed by atoms with van der Waals surface area (Å²) in [5.74, 6) is 0. The van der Waals surface area contributed by atoms with Crippen LogP contribution in [0.3, 0.4) is 0 Å². The Labute approximate surface area is 131 Å². The molecule has 0 aromatic heterocycles. The number of piperazine rings is 1. The second-order valence-electron chi connectivity index (χ2n) is 4.14. The zero-order valence-corrected chi connectivity index (χ0v) is 13.3. The maximum Gasteiger partial charge on any atom is 0.0595 e. The minimum Gasteiger partial charge on any atom is -0.314 e. The third-order valence-electron chi connectivity index (χ3n) is 3.13. The van der Waals surface area contributed by atoms with Crippen molar-refractivity contribution in [1.29, 1.82) is 0 Å². The summed E-state index contributed by atoms with van der Waals surface area (Å²) in [5, 5.41) is 4.62. The maximum absolute atomic E-state index is 6.03. The minimum absolute atomic E-state index is 0. The Morgan fingerprint density at radius 2 is 1.72 bits per heavy atom. The number of rotatable bonds is 2. The van der Waals surface area contributed by atoms with Crippen LogP contribution < -0.4 is 5.32 Å². The van der Waals surface area contributed by atoms with Crippen LogP contribution in [-0.2, 0) is 0 Å². The van der Waals surface area contributed by atoms with Crippen molar-refractivity contribution in [2.75, 3.05) is 26.2 Å². The number of hydrogen-bond acceptors (Lipinski definition) is 2. The highest BCUT2D eigenvalue weighted by Gasteiger charge is 2.18. The van der Waals surface area contributed by atoms with E-state index in [0.717, 1.165) is 26.2 Å². The predicted octanol–water partition coefficient (Wildman–Crippen LogP) is 3.80. The standard InChI is InChI=1S/C12H16Cl2N2.2ClH/c1-9(16-6-4-15-5-7-16)10-2-3-11(13)12(14)8-10;;/h2-3,8-9,15H,4-7H2,1H3;2*1H/t9-;;/m0../s1. The van der Waals surface area contributed by atoms with Gasteiger partial charge in [0.1, 0.15) is 0 Å². The van der Waals surface area contributed by atoms with Crippen LogP contribution in [0.15, 0.2) is 18.2 Å². The Hall–Kier alpha value is 0.300. The normalized spacial score (nSPS) is 17.5. The van der Waals surface area contributed by atoms with Gasteiger partial charge < -0.3 is 5.32 Å². The molecule has 1 aromatic rings. The predicted molar refractivity (Wildman–Crippen MR) is 83.8 cm³/mol. The van der Waals surface area contributed by atoms with Crippen LogP contribution in [0.1, 0.15) is 18.5 Å². The molecule has 6 heteroatoms. The summed E-state index contributed by atoms with van der Waals surface area (Å²) in [4.78, 5) is 2.45. The van der Waals surface area contributed by atoms with E-state index < -0.39 is 0 Å². The van der Waals surface area contributed by atoms with Gasteiger partial charge in [0.05, 0.1) is 10.0 Å². The summed E-state index contributed by atoms with van der Waals surface area (Å²) >= 11 is 11.9. The molecular weight excluding hydrogens is 314 g/mol. The summed E-state index contributed by atoms with van der Waals surface area (Å²) in [7, 11) is 0. The zero-order valence-electron chi connectivity index (χ0n) is 10.2. The van der Waals surface area contributed by atoms with Crippen LogP contribution >= 0.6 is 48.0 Å². The van der Waals surface area contributed by atoms with Gasteiger partial charge in [0.25, 0.3) is 0 Å². The lowest BCUT2D eigenvalue weighted by Gasteiger charge is -2.33. The summed E-state index contributed by atoms with van der Waals surface area (Å²) in [6.45, 7) is 6.50. The maximum atomic E-state index is 6.03. The highest BCUT2D eigenvalue weighted by Crippen LogP contribution is 2.28. The molecule has 1 atom stereocenters. The van der Waals surface area contributed by atoms with Gasteiger partial charge in [-0.05, 0) is 24.6 Å². The summed E-state index contributed by atoms with van der Waals surface area (Å²) < 4.78 is 0. The van der Waals surface area contributed by atoms with Crippen molar-refractivity contribution in [3.05, 3.63) is 33.8 Å². The number of hydrogen-bond donors (Lipinski definition) is 1. The third kappa shape index (κ3) is 4.44. The SMILES string of the molecule is C[C@@H](c1ccc(Cl)c(Cl)c1)N1CCNCC1.Cl.Cl. The quantitative estimate of drug-likeness (QED) is 0.886. The Morgan fingerprint density at radius 1 is 1.11 bits per heavy atom. The van der Waals surface area contributed by atoms with Gasteiger partial charge in [-0.25, -0.2) is 0 Å². The van der Waals surface area contributed by atoms with Crippen molar-refractivity contribution >= 4 is 48.0 Å². The molecule has 2 rings (SSSR count). The van der Waals surface area contributed by atoms with Crippen molar-refractivity contribution in [1.82, 2.24) is 10.2 Å². The zero-order chi connectivity index (χ0) is 11.5. The van der Waals surface area contributed by atoms with Gasteiger partial charge in [-0.3, -0.25) is 4.90 Å². The molecule has 18 heavy (non-hydrogen) atoms. The molecule has 104 valence electrons. The van der Waals surface area contributed by atoms with Crippen molar-refractivity contribution in [2.24, 2.45) is 0 Å². The van der Waals surface area contributed by atoms with E-state index in [9.17, 15) is 0 Å². The molecule has 1 aliphatic heterocycles. The van der Waals surface area contributed by atoms with E-state index in [4.69, 9.17) is 23.2 Å². The molecule has 1 fully saturated rings. The van der Waals surface area contributed by atoms with Crippen molar-refractivity contribution in [2.45, 2.75) is 13.0 Å². The molecule has 1 saturated heterocycles. The van der Waals surface area contributed by atoms with Gasteiger partial charge in [-0.1, -0.05) is 29.3 Å². The van der Waals surface area contributed by atoms with E-state index in [-0.39, 0.29) is 24.8 Å². The second kappa shape index (κ2) is 8.47. The number of nitrogens with zero attached hydrogens (tertiary/aromatic N) is 1. The molecule has 0 bridgehead atoms. The summed E-state index contributed by atoms with van der Waals surface area (Å²) in [5.41, 5.74) is 1.23. The third-order valence-corrected chi connectivity index (χ3v) is 3.86. The largest absolute Gasteiger partial charge is 0.314 e. The van der Waals surface area contributed by atoms with Gasteiger partial charge in [-0.15, -0.1) is 24.8 Å². The van der Waals surface area contributed by atoms with E-state index in [2.05, 4.69) is 23.2 Å². The average molecular weight is 332 g/mol. The van der Waals surface area contributed by atoms with Gasteiger partial charge in [-0.2, -0.15) is 0 Å². The molecule has 1 aromatic carbocycles. The van der Waals surface area contributed by atoms with Gasteiger partial charge in [0.15, 0.2) is 0 Å². The van der Waals surface area contributed by atoms with Crippen LogP contribution in [0.25, 0.3) is 0 Å². The van der Waals surface area contributed by atoms with Gasteiger partial charge >= 0.3 is 0 Å². The highest BCUT2D eigenvalue weighted by atomic mass is 35.5. The van der Waals surface area contributed by atoms with Crippen LogP contribution in [-0.4, -0.2) is 31.1 Å². The first kappa shape index (κ1) is 18.3. The number of halogens is 4. The van der Waals surface area contributed by atoms with Crippen molar-refractivity contribution in [3.8, 4) is 0 Å². The average Bonchev–Trinajstić information content (AvgIpc) is 2.33. The van der Waals surface area contributed by atoms with Crippen molar-refractivity contribution < 1.29 is 0 Å². The Balaban J connectivity index is 0.00000144. The molecule has 0 unspecified atom stereocenters. The molecule has 0 radical (unpaired) electrons. The molecule has 0 saturated carbocycles. The van der Waals surface area contributed by atoms with Crippen molar-refractivity contribution in [3.63, 3.8) is 0 Å². The Morgan fingerprint density at radius 3 is 2.28 bits per heavy atom. The van der Waals surface area contributed by atoms with Crippen LogP contribution in [0.2, 0.25) is 10.0 Å². The Bertz CT molecular complexity index is 367. The number of nitrogens with one attached hydrogen (secondary N) is 1. The molecule has 1 heterocycles. The second-order valence-corrected chi connectivity index (χ2v) is 4.95. The molecular formula is C12H18Cl4N2. The fraction of sp³-hybridized carbons (Fsp3) is 0.500. The molecule has 1 aliphatic rings. The lowest BCUT2D eigenvalue weighted by Crippen LogP contribution is -2.44. The molecule has 0 amide bonds. The minimum atomic E-state index is 0. The fourth-order valence-electron chi connectivity index (χ4n) is 2.05. The van der Waals surface area contributed by atoms with E-state index in [0.29, 0.717) is 16.1 Å². The lowest BCUT2D eigenvalue weighted by atomic mass is 10.1. The van der Waals surface area contributed by atoms with E-state index in [1.54, 1.807) is 0 Å². The lowest BCUT2D eigenvalue weighted by molar-refractivity contribution is 0.185. The van der Waals surface area contributed by atoms with Gasteiger partial charge in [0.2, 0.25) is 0 Å². The Kier molecular flexibility index (Phi) is 8.61. The van der Waals surface area contributed by atoms with E-state index in [1.807, 2.05) is 12.1 Å². The van der Waals surface area contributed by atoms with E-state index >= 15 is 0 Å². The van der Waals surface area contributed by atoms with Crippen LogP contribution in [0, 0.1) is 0 Å². The molecule has 0 aliphatic carbocycles. The number of benzene rings is 1. The van der Waals surface area contributed by atoms with Crippen LogP contribution in [0.4, 0.5) is 0 Å². The molecule has 2 nitrogen and oxygen atoms in total. The summed E-state index contributed by atoms with van der Waals surface area (Å²) in [6, 6.07) is 6.30. The first-order chi connectivity index (χ1) is 7.68. The summed E-state index contributed by atoms with van der Waals surface area (Å²) in [6.07, 6.45) is 0. The van der Waals surface area contributed by atoms with Gasteiger partial charge in [0, 0.05) is 32.2 Å². The first-order valence-corrected chi connectivity index (χ1v) is 6.34. The van der Waals surface area contributed by atoms with E-state index in [1.165, 1.54) is 5.56 Å². The topological polar surface area (TPSA) is 15.3 Å².